The third kappa shape index (κ3) is 4.66. The maximum Gasteiger partial charge on any atom is 0.248 e. The molecule has 0 aliphatic heterocycles. The molecule has 4 nitrogen and oxygen atoms in total. The Morgan fingerprint density at radius 1 is 0.971 bits per heavy atom. The summed E-state index contributed by atoms with van der Waals surface area (Å²) in [6.07, 6.45) is 3.36. The number of rotatable bonds is 6. The van der Waals surface area contributed by atoms with Crippen molar-refractivity contribution in [3.63, 3.8) is 0 Å². The first-order valence-corrected chi connectivity index (χ1v) is 11.8. The van der Waals surface area contributed by atoms with Crippen molar-refractivity contribution in [1.82, 2.24) is 0 Å². The summed E-state index contributed by atoms with van der Waals surface area (Å²) in [6.45, 7) is 4.33. The lowest BCUT2D eigenvalue weighted by atomic mass is 9.96. The van der Waals surface area contributed by atoms with Crippen LogP contribution >= 0.6 is 11.6 Å². The topological polar surface area (TPSA) is 51.5 Å². The van der Waals surface area contributed by atoms with Gasteiger partial charge in [0.1, 0.15) is 11.3 Å². The second-order valence-electron chi connectivity index (χ2n) is 8.28. The van der Waals surface area contributed by atoms with E-state index in [1.807, 2.05) is 38.1 Å². The number of halogens is 1. The normalized spacial score (nSPS) is 11.7. The molecule has 0 aliphatic rings. The smallest absolute Gasteiger partial charge is 0.248 e. The summed E-state index contributed by atoms with van der Waals surface area (Å²) < 4.78 is 11.9. The quantitative estimate of drug-likeness (QED) is 0.248. The van der Waals surface area contributed by atoms with Crippen molar-refractivity contribution < 1.29 is 13.9 Å². The Balaban J connectivity index is 1.58. The highest BCUT2D eigenvalue weighted by molar-refractivity contribution is 6.31. The molecule has 0 atom stereocenters. The lowest BCUT2D eigenvalue weighted by Gasteiger charge is -2.12. The summed E-state index contributed by atoms with van der Waals surface area (Å²) in [7, 11) is 0. The van der Waals surface area contributed by atoms with Crippen LogP contribution in [-0.2, 0) is 4.79 Å². The summed E-state index contributed by atoms with van der Waals surface area (Å²) in [6, 6.07) is 25.6. The van der Waals surface area contributed by atoms with Crippen molar-refractivity contribution in [2.24, 2.45) is 0 Å². The molecule has 0 fully saturated rings. The maximum absolute atomic E-state index is 12.7. The molecule has 0 bridgehead atoms. The van der Waals surface area contributed by atoms with Gasteiger partial charge in [0, 0.05) is 39.4 Å². The van der Waals surface area contributed by atoms with E-state index in [1.165, 1.54) is 5.39 Å². The van der Waals surface area contributed by atoms with Gasteiger partial charge in [0.2, 0.25) is 5.91 Å². The molecule has 0 saturated carbocycles. The van der Waals surface area contributed by atoms with E-state index in [1.54, 1.807) is 36.6 Å². The fourth-order valence-corrected chi connectivity index (χ4v) is 4.52. The number of fused-ring (bicyclic) bond motifs is 2. The molecule has 5 heteroatoms. The summed E-state index contributed by atoms with van der Waals surface area (Å²) >= 11 is 6.04. The molecular formula is C30H24ClNO3. The Hall–Kier alpha value is -4.02. The van der Waals surface area contributed by atoms with Gasteiger partial charge in [-0.1, -0.05) is 60.1 Å². The zero-order chi connectivity index (χ0) is 24.4. The van der Waals surface area contributed by atoms with E-state index in [0.717, 1.165) is 38.6 Å². The molecule has 1 amide bonds. The Labute approximate surface area is 208 Å². The number of benzene rings is 4. The van der Waals surface area contributed by atoms with Crippen LogP contribution in [0.3, 0.4) is 0 Å². The van der Waals surface area contributed by atoms with Crippen molar-refractivity contribution >= 4 is 50.5 Å². The molecule has 0 spiro atoms. The SMILES string of the molecule is CCOc1cc2occ(-c3cccc4ccccc34)c2cc1/C(C)=C/C(=O)Nc1cccc(Cl)c1. The van der Waals surface area contributed by atoms with E-state index in [-0.39, 0.29) is 5.91 Å². The summed E-state index contributed by atoms with van der Waals surface area (Å²) in [5.74, 6) is 0.428. The first kappa shape index (κ1) is 22.8. The summed E-state index contributed by atoms with van der Waals surface area (Å²) in [4.78, 5) is 12.7. The Morgan fingerprint density at radius 2 is 1.77 bits per heavy atom. The number of furan rings is 1. The molecule has 1 N–H and O–H groups in total. The molecule has 35 heavy (non-hydrogen) atoms. The number of ether oxygens (including phenoxy) is 1. The molecule has 174 valence electrons. The van der Waals surface area contributed by atoms with Crippen molar-refractivity contribution in [2.45, 2.75) is 13.8 Å². The Kier molecular flexibility index (Phi) is 6.30. The minimum atomic E-state index is -0.242. The molecular weight excluding hydrogens is 458 g/mol. The molecule has 0 radical (unpaired) electrons. The number of amides is 1. The molecule has 0 unspecified atom stereocenters. The first-order valence-electron chi connectivity index (χ1n) is 11.4. The molecule has 0 saturated heterocycles. The van der Waals surface area contributed by atoms with Crippen LogP contribution in [0, 0.1) is 0 Å². The van der Waals surface area contributed by atoms with Crippen LogP contribution < -0.4 is 10.1 Å². The molecule has 0 aliphatic carbocycles. The van der Waals surface area contributed by atoms with Crippen LogP contribution in [0.15, 0.2) is 95.6 Å². The van der Waals surface area contributed by atoms with Gasteiger partial charge in [-0.25, -0.2) is 0 Å². The van der Waals surface area contributed by atoms with Crippen LogP contribution in [0.4, 0.5) is 5.69 Å². The third-order valence-corrected chi connectivity index (χ3v) is 6.16. The Morgan fingerprint density at radius 3 is 2.60 bits per heavy atom. The molecule has 4 aromatic carbocycles. The van der Waals surface area contributed by atoms with Gasteiger partial charge in [-0.05, 0) is 60.0 Å². The zero-order valence-electron chi connectivity index (χ0n) is 19.5. The highest BCUT2D eigenvalue weighted by Crippen LogP contribution is 2.39. The largest absolute Gasteiger partial charge is 0.493 e. The van der Waals surface area contributed by atoms with Crippen molar-refractivity contribution in [3.05, 3.63) is 102 Å². The minimum Gasteiger partial charge on any atom is -0.493 e. The fraction of sp³-hybridized carbons (Fsp3) is 0.100. The minimum absolute atomic E-state index is 0.242. The van der Waals surface area contributed by atoms with E-state index in [4.69, 9.17) is 20.8 Å². The summed E-state index contributed by atoms with van der Waals surface area (Å²) in [5, 5.41) is 6.71. The van der Waals surface area contributed by atoms with Gasteiger partial charge in [-0.15, -0.1) is 0 Å². The van der Waals surface area contributed by atoms with Gasteiger partial charge in [0.15, 0.2) is 0 Å². The number of carbonyl (C=O) groups is 1. The van der Waals surface area contributed by atoms with Crippen LogP contribution in [0.25, 0.3) is 38.4 Å². The standard InChI is InChI=1S/C30H24ClNO3/c1-3-34-28-17-29-26(27(18-35-29)24-13-6-9-20-8-4-5-12-23(20)24)16-25(28)19(2)14-30(33)32-22-11-7-10-21(31)15-22/h4-18H,3H2,1-2H3,(H,32,33)/b19-14+. The lowest BCUT2D eigenvalue weighted by Crippen LogP contribution is -2.08. The number of hydrogen-bond donors (Lipinski definition) is 1. The average molecular weight is 482 g/mol. The van der Waals surface area contributed by atoms with Gasteiger partial charge in [-0.3, -0.25) is 4.79 Å². The van der Waals surface area contributed by atoms with Gasteiger partial charge in [-0.2, -0.15) is 0 Å². The second kappa shape index (κ2) is 9.69. The van der Waals surface area contributed by atoms with Crippen LogP contribution in [0.1, 0.15) is 19.4 Å². The number of nitrogens with one attached hydrogen (secondary N) is 1. The van der Waals surface area contributed by atoms with Crippen molar-refractivity contribution in [1.29, 1.82) is 0 Å². The summed E-state index contributed by atoms with van der Waals surface area (Å²) in [5.41, 5.74) is 5.08. The third-order valence-electron chi connectivity index (χ3n) is 5.92. The zero-order valence-corrected chi connectivity index (χ0v) is 20.2. The fourth-order valence-electron chi connectivity index (χ4n) is 4.33. The van der Waals surface area contributed by atoms with Gasteiger partial charge < -0.3 is 14.5 Å². The van der Waals surface area contributed by atoms with E-state index in [0.29, 0.717) is 23.1 Å². The number of carbonyl (C=O) groups excluding carboxylic acids is 1. The second-order valence-corrected chi connectivity index (χ2v) is 8.72. The number of hydrogen-bond acceptors (Lipinski definition) is 3. The lowest BCUT2D eigenvalue weighted by molar-refractivity contribution is -0.111. The molecule has 1 heterocycles. The van der Waals surface area contributed by atoms with E-state index in [2.05, 4.69) is 35.6 Å². The first-order chi connectivity index (χ1) is 17.0. The van der Waals surface area contributed by atoms with E-state index < -0.39 is 0 Å². The predicted molar refractivity (Wildman–Crippen MR) is 144 cm³/mol. The van der Waals surface area contributed by atoms with E-state index >= 15 is 0 Å². The monoisotopic (exact) mass is 481 g/mol. The van der Waals surface area contributed by atoms with Gasteiger partial charge in [0.25, 0.3) is 0 Å². The number of anilines is 1. The van der Waals surface area contributed by atoms with Crippen molar-refractivity contribution in [2.75, 3.05) is 11.9 Å². The van der Waals surface area contributed by atoms with E-state index in [9.17, 15) is 4.79 Å². The predicted octanol–water partition coefficient (Wildman–Crippen LogP) is 8.35. The number of allylic oxidation sites excluding steroid dienone is 1. The van der Waals surface area contributed by atoms with Crippen LogP contribution in [0.5, 0.6) is 5.75 Å². The average Bonchev–Trinajstić information content (AvgIpc) is 3.26. The highest BCUT2D eigenvalue weighted by Gasteiger charge is 2.16. The van der Waals surface area contributed by atoms with Crippen LogP contribution in [-0.4, -0.2) is 12.5 Å². The molecule has 1 aromatic heterocycles. The molecule has 5 aromatic rings. The van der Waals surface area contributed by atoms with Crippen molar-refractivity contribution in [3.8, 4) is 16.9 Å². The maximum atomic E-state index is 12.7. The Bertz CT molecular complexity index is 1580. The molecule has 5 rings (SSSR count). The highest BCUT2D eigenvalue weighted by atomic mass is 35.5. The van der Waals surface area contributed by atoms with Gasteiger partial charge in [0.05, 0.1) is 12.9 Å². The van der Waals surface area contributed by atoms with Crippen LogP contribution in [0.2, 0.25) is 5.02 Å². The van der Waals surface area contributed by atoms with Gasteiger partial charge >= 0.3 is 0 Å².